The Morgan fingerprint density at radius 3 is 2.67 bits per heavy atom. The van der Waals surface area contributed by atoms with Crippen LogP contribution in [-0.2, 0) is 0 Å². The maximum Gasteiger partial charge on any atom is 0.255 e. The van der Waals surface area contributed by atoms with E-state index in [1.807, 2.05) is 25.1 Å². The van der Waals surface area contributed by atoms with Gasteiger partial charge in [0.1, 0.15) is 0 Å². The van der Waals surface area contributed by atoms with Crippen molar-refractivity contribution >= 4 is 33.2 Å². The average Bonchev–Trinajstić information content (AvgIpc) is 2.34. The number of carbonyl (C=O) groups excluding carboxylic acids is 1. The van der Waals surface area contributed by atoms with E-state index >= 15 is 0 Å². The van der Waals surface area contributed by atoms with Crippen molar-refractivity contribution in [2.75, 3.05) is 11.1 Å². The van der Waals surface area contributed by atoms with Gasteiger partial charge in [0, 0.05) is 21.4 Å². The van der Waals surface area contributed by atoms with Gasteiger partial charge in [0.05, 0.1) is 0 Å². The Hall–Kier alpha value is -1.81. The normalized spacial score (nSPS) is 10.1. The molecule has 2 aromatic carbocycles. The molecule has 0 saturated carbocycles. The Bertz CT molecular complexity index is 596. The van der Waals surface area contributed by atoms with Gasteiger partial charge in [-0.05, 0) is 53.2 Å². The summed E-state index contributed by atoms with van der Waals surface area (Å²) < 4.78 is 0.768. The highest BCUT2D eigenvalue weighted by Crippen LogP contribution is 2.23. The highest BCUT2D eigenvalue weighted by atomic mass is 79.9. The molecule has 0 spiro atoms. The van der Waals surface area contributed by atoms with Gasteiger partial charge in [-0.3, -0.25) is 4.79 Å². The summed E-state index contributed by atoms with van der Waals surface area (Å²) in [6.45, 7) is 1.95. The number of amides is 1. The van der Waals surface area contributed by atoms with E-state index in [0.29, 0.717) is 16.9 Å². The van der Waals surface area contributed by atoms with Crippen LogP contribution in [0.5, 0.6) is 0 Å². The summed E-state index contributed by atoms with van der Waals surface area (Å²) in [6, 6.07) is 12.8. The second-order valence-electron chi connectivity index (χ2n) is 4.06. The smallest absolute Gasteiger partial charge is 0.255 e. The molecule has 0 aliphatic heterocycles. The molecule has 0 bridgehead atoms. The zero-order chi connectivity index (χ0) is 13.1. The van der Waals surface area contributed by atoms with Crippen molar-refractivity contribution in [3.8, 4) is 0 Å². The fraction of sp³-hybridized carbons (Fsp3) is 0.0714. The van der Waals surface area contributed by atoms with Crippen LogP contribution in [0, 0.1) is 6.92 Å². The number of rotatable bonds is 2. The Morgan fingerprint density at radius 2 is 2.00 bits per heavy atom. The van der Waals surface area contributed by atoms with Crippen LogP contribution in [0.15, 0.2) is 46.9 Å². The second-order valence-corrected chi connectivity index (χ2v) is 4.91. The number of halogens is 1. The van der Waals surface area contributed by atoms with E-state index in [4.69, 9.17) is 5.73 Å². The minimum absolute atomic E-state index is 0.129. The highest BCUT2D eigenvalue weighted by molar-refractivity contribution is 9.10. The number of nitrogens with two attached hydrogens (primary N) is 1. The highest BCUT2D eigenvalue weighted by Gasteiger charge is 2.06. The van der Waals surface area contributed by atoms with Gasteiger partial charge < -0.3 is 11.1 Å². The van der Waals surface area contributed by atoms with Crippen molar-refractivity contribution in [2.24, 2.45) is 0 Å². The quantitative estimate of drug-likeness (QED) is 0.833. The van der Waals surface area contributed by atoms with Gasteiger partial charge in [-0.1, -0.05) is 17.7 Å². The first-order valence-electron chi connectivity index (χ1n) is 5.49. The van der Waals surface area contributed by atoms with E-state index in [0.717, 1.165) is 10.0 Å². The number of benzene rings is 2. The van der Waals surface area contributed by atoms with Crippen LogP contribution < -0.4 is 11.1 Å². The molecule has 0 aliphatic rings. The van der Waals surface area contributed by atoms with Crippen LogP contribution in [0.2, 0.25) is 0 Å². The summed E-state index contributed by atoms with van der Waals surface area (Å²) >= 11 is 3.33. The number of aryl methyl sites for hydroxylation is 1. The van der Waals surface area contributed by atoms with Crippen molar-refractivity contribution in [1.82, 2.24) is 0 Å². The molecule has 3 nitrogen and oxygen atoms in total. The van der Waals surface area contributed by atoms with Gasteiger partial charge in [0.15, 0.2) is 0 Å². The lowest BCUT2D eigenvalue weighted by atomic mass is 10.1. The maximum atomic E-state index is 12.0. The van der Waals surface area contributed by atoms with E-state index in [-0.39, 0.29) is 5.91 Å². The van der Waals surface area contributed by atoms with Crippen LogP contribution in [0.25, 0.3) is 0 Å². The predicted molar refractivity (Wildman–Crippen MR) is 77.7 cm³/mol. The number of nitrogen functional groups attached to an aromatic ring is 1. The van der Waals surface area contributed by atoms with Crippen molar-refractivity contribution in [3.63, 3.8) is 0 Å². The molecule has 92 valence electrons. The molecular weight excluding hydrogens is 292 g/mol. The minimum Gasteiger partial charge on any atom is -0.398 e. The lowest BCUT2D eigenvalue weighted by Crippen LogP contribution is -2.12. The maximum absolute atomic E-state index is 12.0. The van der Waals surface area contributed by atoms with Crippen molar-refractivity contribution in [2.45, 2.75) is 6.92 Å². The Morgan fingerprint density at radius 1 is 1.22 bits per heavy atom. The van der Waals surface area contributed by atoms with E-state index in [2.05, 4.69) is 21.2 Å². The third-order valence-electron chi connectivity index (χ3n) is 2.54. The second kappa shape index (κ2) is 5.23. The summed E-state index contributed by atoms with van der Waals surface area (Å²) in [5.41, 5.74) is 8.74. The molecule has 2 aromatic rings. The predicted octanol–water partition coefficient (Wildman–Crippen LogP) is 3.59. The minimum atomic E-state index is -0.129. The Kier molecular flexibility index (Phi) is 3.67. The molecule has 0 fully saturated rings. The molecule has 0 atom stereocenters. The van der Waals surface area contributed by atoms with Crippen LogP contribution in [0.4, 0.5) is 11.4 Å². The van der Waals surface area contributed by atoms with Gasteiger partial charge in [0.2, 0.25) is 0 Å². The first kappa shape index (κ1) is 12.6. The van der Waals surface area contributed by atoms with Crippen LogP contribution >= 0.6 is 15.9 Å². The molecule has 4 heteroatoms. The third kappa shape index (κ3) is 2.90. The number of hydrogen-bond acceptors (Lipinski definition) is 2. The van der Waals surface area contributed by atoms with Gasteiger partial charge in [-0.15, -0.1) is 0 Å². The molecule has 0 unspecified atom stereocenters. The van der Waals surface area contributed by atoms with E-state index in [9.17, 15) is 4.79 Å². The zero-order valence-corrected chi connectivity index (χ0v) is 11.5. The number of anilines is 2. The number of carbonyl (C=O) groups is 1. The van der Waals surface area contributed by atoms with E-state index in [1.165, 1.54) is 0 Å². The van der Waals surface area contributed by atoms with E-state index in [1.54, 1.807) is 24.3 Å². The summed E-state index contributed by atoms with van der Waals surface area (Å²) in [7, 11) is 0. The number of nitrogens with one attached hydrogen (secondary N) is 1. The van der Waals surface area contributed by atoms with Crippen molar-refractivity contribution < 1.29 is 4.79 Å². The van der Waals surface area contributed by atoms with Crippen LogP contribution in [0.3, 0.4) is 0 Å². The molecule has 0 heterocycles. The van der Waals surface area contributed by atoms with Crippen LogP contribution in [-0.4, -0.2) is 5.91 Å². The van der Waals surface area contributed by atoms with Gasteiger partial charge in [0.25, 0.3) is 5.91 Å². The summed E-state index contributed by atoms with van der Waals surface area (Å²) in [6.07, 6.45) is 0. The zero-order valence-electron chi connectivity index (χ0n) is 9.91. The molecule has 1 amide bonds. The van der Waals surface area contributed by atoms with Crippen molar-refractivity contribution in [3.05, 3.63) is 58.1 Å². The number of hydrogen-bond donors (Lipinski definition) is 2. The van der Waals surface area contributed by atoms with E-state index < -0.39 is 0 Å². The summed E-state index contributed by atoms with van der Waals surface area (Å²) in [5.74, 6) is -0.129. The SMILES string of the molecule is Cc1cccc(C(=O)Nc2ccc(N)c(Br)c2)c1. The molecular formula is C14H13BrN2O. The lowest BCUT2D eigenvalue weighted by molar-refractivity contribution is 0.102. The molecule has 0 aromatic heterocycles. The third-order valence-corrected chi connectivity index (χ3v) is 3.23. The standard InChI is InChI=1S/C14H13BrN2O/c1-9-3-2-4-10(7-9)14(18)17-11-5-6-13(16)12(15)8-11/h2-8H,16H2,1H3,(H,17,18). The fourth-order valence-electron chi connectivity index (χ4n) is 1.59. The first-order valence-corrected chi connectivity index (χ1v) is 6.28. The lowest BCUT2D eigenvalue weighted by Gasteiger charge is -2.07. The Balaban J connectivity index is 2.18. The average molecular weight is 305 g/mol. The van der Waals surface area contributed by atoms with Gasteiger partial charge >= 0.3 is 0 Å². The van der Waals surface area contributed by atoms with Gasteiger partial charge in [-0.2, -0.15) is 0 Å². The molecule has 0 radical (unpaired) electrons. The molecule has 18 heavy (non-hydrogen) atoms. The molecule has 2 rings (SSSR count). The monoisotopic (exact) mass is 304 g/mol. The summed E-state index contributed by atoms with van der Waals surface area (Å²) in [4.78, 5) is 12.0. The topological polar surface area (TPSA) is 55.1 Å². The molecule has 0 saturated heterocycles. The fourth-order valence-corrected chi connectivity index (χ4v) is 1.97. The molecule has 0 aliphatic carbocycles. The van der Waals surface area contributed by atoms with Gasteiger partial charge in [-0.25, -0.2) is 0 Å². The largest absolute Gasteiger partial charge is 0.398 e. The molecule has 3 N–H and O–H groups in total. The van der Waals surface area contributed by atoms with Crippen molar-refractivity contribution in [1.29, 1.82) is 0 Å². The first-order chi connectivity index (χ1) is 8.56. The van der Waals surface area contributed by atoms with Crippen LogP contribution in [0.1, 0.15) is 15.9 Å². The summed E-state index contributed by atoms with van der Waals surface area (Å²) in [5, 5.41) is 2.83. The Labute approximate surface area is 114 Å².